The fourth-order valence-electron chi connectivity index (χ4n) is 2.81. The molecule has 0 radical (unpaired) electrons. The Morgan fingerprint density at radius 2 is 1.36 bits per heavy atom. The first-order valence-corrected chi connectivity index (χ1v) is 9.03. The van der Waals surface area contributed by atoms with E-state index in [-0.39, 0.29) is 5.56 Å². The van der Waals surface area contributed by atoms with E-state index in [2.05, 4.69) is 18.8 Å². The quantitative estimate of drug-likeness (QED) is 0.350. The van der Waals surface area contributed by atoms with Gasteiger partial charge in [0.05, 0.1) is 5.56 Å². The summed E-state index contributed by atoms with van der Waals surface area (Å²) in [5, 5.41) is 0. The van der Waals surface area contributed by atoms with Gasteiger partial charge < -0.3 is 0 Å². The van der Waals surface area contributed by atoms with Crippen LogP contribution in [-0.2, 0) is 6.42 Å². The van der Waals surface area contributed by atoms with Gasteiger partial charge in [0.25, 0.3) is 0 Å². The number of halogens is 4. The molecule has 0 atom stereocenters. The number of hydrogen-bond donors (Lipinski definition) is 0. The first-order valence-electron chi connectivity index (χ1n) is 9.03. The van der Waals surface area contributed by atoms with Crippen molar-refractivity contribution in [1.29, 1.82) is 0 Å². The molecule has 0 amide bonds. The summed E-state index contributed by atoms with van der Waals surface area (Å²) < 4.78 is 55.0. The number of benzene rings is 3. The van der Waals surface area contributed by atoms with Gasteiger partial charge >= 0.3 is 0 Å². The van der Waals surface area contributed by atoms with Crippen LogP contribution in [0, 0.1) is 35.1 Å². The highest BCUT2D eigenvalue weighted by atomic mass is 19.2. The minimum atomic E-state index is -1.06. The van der Waals surface area contributed by atoms with Crippen LogP contribution < -0.4 is 0 Å². The molecule has 3 aromatic rings. The van der Waals surface area contributed by atoms with Gasteiger partial charge in [-0.2, -0.15) is 0 Å². The Hall–Kier alpha value is -3.06. The second-order valence-corrected chi connectivity index (χ2v) is 6.49. The summed E-state index contributed by atoms with van der Waals surface area (Å²) in [5.41, 5.74) is 2.02. The SMILES string of the molecule is CCCCc1ccc(-c2cc(F)c(C#Cc3ccc(F)c(F)c3)c(F)c2)cc1. The van der Waals surface area contributed by atoms with Crippen molar-refractivity contribution in [3.63, 3.8) is 0 Å². The van der Waals surface area contributed by atoms with Crippen LogP contribution >= 0.6 is 0 Å². The monoisotopic (exact) mass is 382 g/mol. The van der Waals surface area contributed by atoms with E-state index in [0.29, 0.717) is 11.1 Å². The summed E-state index contributed by atoms with van der Waals surface area (Å²) in [5.74, 6) is 1.14. The van der Waals surface area contributed by atoms with Gasteiger partial charge in [0.2, 0.25) is 0 Å². The van der Waals surface area contributed by atoms with Crippen molar-refractivity contribution in [2.24, 2.45) is 0 Å². The van der Waals surface area contributed by atoms with Crippen LogP contribution in [0.4, 0.5) is 17.6 Å². The molecule has 0 spiro atoms. The van der Waals surface area contributed by atoms with Gasteiger partial charge in [-0.1, -0.05) is 49.5 Å². The molecule has 0 aromatic heterocycles. The summed E-state index contributed by atoms with van der Waals surface area (Å²) >= 11 is 0. The topological polar surface area (TPSA) is 0 Å². The zero-order valence-corrected chi connectivity index (χ0v) is 15.3. The fourth-order valence-corrected chi connectivity index (χ4v) is 2.81. The van der Waals surface area contributed by atoms with E-state index in [1.54, 1.807) is 0 Å². The van der Waals surface area contributed by atoms with Crippen LogP contribution in [0.1, 0.15) is 36.5 Å². The number of unbranched alkanes of at least 4 members (excludes halogenated alkanes) is 1. The van der Waals surface area contributed by atoms with Gasteiger partial charge in [-0.15, -0.1) is 0 Å². The molecule has 3 aromatic carbocycles. The van der Waals surface area contributed by atoms with Crippen molar-refractivity contribution in [2.45, 2.75) is 26.2 Å². The van der Waals surface area contributed by atoms with Gasteiger partial charge in [0.15, 0.2) is 11.6 Å². The lowest BCUT2D eigenvalue weighted by Gasteiger charge is -2.06. The molecule has 0 aliphatic rings. The van der Waals surface area contributed by atoms with Gasteiger partial charge in [-0.3, -0.25) is 0 Å². The normalized spacial score (nSPS) is 10.5. The maximum atomic E-state index is 14.4. The summed E-state index contributed by atoms with van der Waals surface area (Å²) in [7, 11) is 0. The van der Waals surface area contributed by atoms with Crippen LogP contribution in [0.5, 0.6) is 0 Å². The molecule has 0 unspecified atom stereocenters. The Balaban J connectivity index is 1.87. The lowest BCUT2D eigenvalue weighted by molar-refractivity contribution is 0.508. The third kappa shape index (κ3) is 4.61. The fraction of sp³-hybridized carbons (Fsp3) is 0.167. The van der Waals surface area contributed by atoms with Crippen molar-refractivity contribution in [2.75, 3.05) is 0 Å². The first kappa shape index (κ1) is 19.7. The number of rotatable bonds is 4. The standard InChI is InChI=1S/C24H18F4/c1-2-3-4-16-5-9-18(10-6-16)19-14-22(26)20(23(27)15-19)11-7-17-8-12-21(25)24(28)13-17/h5-6,8-10,12-15H,2-4H2,1H3. The smallest absolute Gasteiger partial charge is 0.160 e. The molecule has 28 heavy (non-hydrogen) atoms. The van der Waals surface area contributed by atoms with Gasteiger partial charge in [0, 0.05) is 5.56 Å². The Morgan fingerprint density at radius 3 is 1.96 bits per heavy atom. The molecule has 0 saturated heterocycles. The average Bonchev–Trinajstić information content (AvgIpc) is 2.68. The van der Waals surface area contributed by atoms with E-state index < -0.39 is 28.8 Å². The van der Waals surface area contributed by atoms with Crippen LogP contribution in [0.2, 0.25) is 0 Å². The molecule has 0 aliphatic heterocycles. The molecular formula is C24H18F4. The predicted octanol–water partition coefficient (Wildman–Crippen LogP) is 6.65. The Labute approximate surface area is 161 Å². The van der Waals surface area contributed by atoms with Crippen LogP contribution in [0.15, 0.2) is 54.6 Å². The molecular weight excluding hydrogens is 364 g/mol. The molecule has 4 heteroatoms. The van der Waals surface area contributed by atoms with E-state index in [9.17, 15) is 17.6 Å². The third-order valence-electron chi connectivity index (χ3n) is 4.40. The molecule has 0 aliphatic carbocycles. The van der Waals surface area contributed by atoms with Crippen LogP contribution in [0.3, 0.4) is 0 Å². The molecule has 3 rings (SSSR count). The van der Waals surface area contributed by atoms with E-state index in [4.69, 9.17) is 0 Å². The molecule has 0 N–H and O–H groups in total. The highest BCUT2D eigenvalue weighted by molar-refractivity contribution is 5.65. The zero-order valence-electron chi connectivity index (χ0n) is 15.3. The first-order chi connectivity index (χ1) is 13.5. The summed E-state index contributed by atoms with van der Waals surface area (Å²) in [6.07, 6.45) is 3.16. The highest BCUT2D eigenvalue weighted by Gasteiger charge is 2.11. The van der Waals surface area contributed by atoms with E-state index in [1.165, 1.54) is 23.8 Å². The molecule has 0 nitrogen and oxygen atoms in total. The second-order valence-electron chi connectivity index (χ2n) is 6.49. The summed E-state index contributed by atoms with van der Waals surface area (Å²) in [6, 6.07) is 13.1. The Morgan fingerprint density at radius 1 is 0.679 bits per heavy atom. The third-order valence-corrected chi connectivity index (χ3v) is 4.40. The summed E-state index contributed by atoms with van der Waals surface area (Å²) in [6.45, 7) is 2.12. The Bertz CT molecular complexity index is 1020. The van der Waals surface area contributed by atoms with Crippen LogP contribution in [0.25, 0.3) is 11.1 Å². The minimum Gasteiger partial charge on any atom is -0.205 e. The minimum absolute atomic E-state index is 0.129. The number of aryl methyl sites for hydroxylation is 1. The van der Waals surface area contributed by atoms with Gasteiger partial charge in [-0.25, -0.2) is 17.6 Å². The molecule has 0 fully saturated rings. The van der Waals surface area contributed by atoms with Crippen molar-refractivity contribution in [3.8, 4) is 23.0 Å². The highest BCUT2D eigenvalue weighted by Crippen LogP contribution is 2.25. The number of hydrogen-bond acceptors (Lipinski definition) is 0. The molecule has 0 bridgehead atoms. The molecule has 0 heterocycles. The summed E-state index contributed by atoms with van der Waals surface area (Å²) in [4.78, 5) is 0. The molecule has 142 valence electrons. The van der Waals surface area contributed by atoms with Crippen molar-refractivity contribution in [1.82, 2.24) is 0 Å². The van der Waals surface area contributed by atoms with E-state index in [1.807, 2.05) is 24.3 Å². The second kappa shape index (κ2) is 8.75. The van der Waals surface area contributed by atoms with Crippen molar-refractivity contribution < 1.29 is 17.6 Å². The van der Waals surface area contributed by atoms with Crippen molar-refractivity contribution in [3.05, 3.63) is 94.6 Å². The maximum absolute atomic E-state index is 14.4. The maximum Gasteiger partial charge on any atom is 0.160 e. The zero-order chi connectivity index (χ0) is 20.1. The van der Waals surface area contributed by atoms with Gasteiger partial charge in [0.1, 0.15) is 11.6 Å². The van der Waals surface area contributed by atoms with Gasteiger partial charge in [-0.05, 0) is 59.9 Å². The molecule has 0 saturated carbocycles. The van der Waals surface area contributed by atoms with Crippen molar-refractivity contribution >= 4 is 0 Å². The largest absolute Gasteiger partial charge is 0.205 e. The van der Waals surface area contributed by atoms with Crippen LogP contribution in [-0.4, -0.2) is 0 Å². The van der Waals surface area contributed by atoms with E-state index >= 15 is 0 Å². The lowest BCUT2D eigenvalue weighted by Crippen LogP contribution is -1.93. The lowest BCUT2D eigenvalue weighted by atomic mass is 10.00. The van der Waals surface area contributed by atoms with E-state index in [0.717, 1.165) is 31.4 Å². The Kier molecular flexibility index (Phi) is 6.16. The average molecular weight is 382 g/mol. The predicted molar refractivity (Wildman–Crippen MR) is 103 cm³/mol.